The highest BCUT2D eigenvalue weighted by molar-refractivity contribution is 9.11. The molecule has 0 aliphatic rings. The Kier molecular flexibility index (Phi) is 7.96. The third kappa shape index (κ3) is 5.89. The van der Waals surface area contributed by atoms with E-state index in [1.54, 1.807) is 6.07 Å². The monoisotopic (exact) mass is 716 g/mol. The van der Waals surface area contributed by atoms with Crippen LogP contribution in [0.3, 0.4) is 0 Å². The van der Waals surface area contributed by atoms with Crippen molar-refractivity contribution in [2.24, 2.45) is 5.10 Å². The van der Waals surface area contributed by atoms with Crippen LogP contribution in [0.2, 0.25) is 5.02 Å². The second kappa shape index (κ2) is 10.7. The number of hydrogen-bond acceptors (Lipinski definition) is 4. The maximum atomic E-state index is 12.4. The van der Waals surface area contributed by atoms with Gasteiger partial charge in [-0.2, -0.15) is 5.10 Å². The Morgan fingerprint density at radius 1 is 1.03 bits per heavy atom. The van der Waals surface area contributed by atoms with Crippen LogP contribution in [0.25, 0.3) is 11.0 Å². The van der Waals surface area contributed by atoms with E-state index in [1.807, 2.05) is 48.5 Å². The Bertz CT molecular complexity index is 1360. The fourth-order valence-corrected chi connectivity index (χ4v) is 5.95. The zero-order chi connectivity index (χ0) is 23.5. The molecule has 0 fully saturated rings. The normalized spacial score (nSPS) is 11.3. The number of benzene rings is 3. The van der Waals surface area contributed by atoms with E-state index in [1.165, 1.54) is 6.21 Å². The van der Waals surface area contributed by atoms with Crippen molar-refractivity contribution in [2.45, 2.75) is 6.61 Å². The molecular formula is C23H13Br4ClN2O3. The Morgan fingerprint density at radius 3 is 2.48 bits per heavy atom. The lowest BCUT2D eigenvalue weighted by Crippen LogP contribution is -2.16. The highest BCUT2D eigenvalue weighted by atomic mass is 79.9. The van der Waals surface area contributed by atoms with E-state index < -0.39 is 5.91 Å². The molecule has 1 aromatic heterocycles. The topological polar surface area (TPSA) is 63.8 Å². The van der Waals surface area contributed by atoms with Gasteiger partial charge in [0.15, 0.2) is 5.76 Å². The van der Waals surface area contributed by atoms with Crippen molar-refractivity contribution in [3.05, 3.63) is 94.4 Å². The number of ether oxygens (including phenoxy) is 1. The lowest BCUT2D eigenvalue weighted by molar-refractivity contribution is 0.0929. The Hall–Kier alpha value is -1.65. The molecule has 0 atom stereocenters. The molecule has 1 N–H and O–H groups in total. The van der Waals surface area contributed by atoms with E-state index >= 15 is 0 Å². The molecule has 4 aromatic rings. The third-order valence-electron chi connectivity index (χ3n) is 4.49. The van der Waals surface area contributed by atoms with Crippen molar-refractivity contribution < 1.29 is 13.9 Å². The van der Waals surface area contributed by atoms with Gasteiger partial charge < -0.3 is 9.15 Å². The molecule has 1 amide bonds. The van der Waals surface area contributed by atoms with E-state index in [-0.39, 0.29) is 5.76 Å². The van der Waals surface area contributed by atoms with Crippen LogP contribution < -0.4 is 10.2 Å². The minimum atomic E-state index is -0.455. The number of nitrogens with one attached hydrogen (secondary N) is 1. The fraction of sp³-hybridized carbons (Fsp3) is 0.0435. The van der Waals surface area contributed by atoms with Gasteiger partial charge in [-0.1, -0.05) is 45.7 Å². The first-order valence-electron chi connectivity index (χ1n) is 9.39. The lowest BCUT2D eigenvalue weighted by Gasteiger charge is -2.12. The largest absolute Gasteiger partial charge is 0.486 e. The van der Waals surface area contributed by atoms with E-state index in [2.05, 4.69) is 74.2 Å². The number of carbonyl (C=O) groups is 1. The molecule has 0 saturated heterocycles. The Labute approximate surface area is 228 Å². The number of furan rings is 1. The van der Waals surface area contributed by atoms with E-state index in [4.69, 9.17) is 20.8 Å². The summed E-state index contributed by atoms with van der Waals surface area (Å²) in [6.45, 7) is 0.324. The molecule has 0 aliphatic carbocycles. The second-order valence-corrected chi connectivity index (χ2v) is 10.7. The second-order valence-electron chi connectivity index (χ2n) is 6.81. The maximum Gasteiger partial charge on any atom is 0.307 e. The van der Waals surface area contributed by atoms with Crippen LogP contribution in [0.5, 0.6) is 5.75 Å². The Morgan fingerprint density at radius 2 is 1.76 bits per heavy atom. The molecule has 0 radical (unpaired) electrons. The van der Waals surface area contributed by atoms with Crippen LogP contribution in [0, 0.1) is 0 Å². The zero-order valence-corrected chi connectivity index (χ0v) is 23.6. The lowest BCUT2D eigenvalue weighted by atomic mass is 10.2. The molecular weight excluding hydrogens is 707 g/mol. The van der Waals surface area contributed by atoms with Crippen LogP contribution >= 0.6 is 75.3 Å². The van der Waals surface area contributed by atoms with Crippen molar-refractivity contribution in [3.63, 3.8) is 0 Å². The van der Waals surface area contributed by atoms with Crippen LogP contribution in [0.1, 0.15) is 21.7 Å². The van der Waals surface area contributed by atoms with Gasteiger partial charge in [0.2, 0.25) is 0 Å². The van der Waals surface area contributed by atoms with Gasteiger partial charge in [0, 0.05) is 20.4 Å². The number of rotatable bonds is 6. The standard InChI is InChI=1S/C23H13Br4ClN2O3/c24-15-7-14-8-20(33-21(14)18(27)9-15)23(31)30-29-10-12-5-16(25)22(17(26)6-12)32-11-13-3-1-2-4-19(13)28/h1-10H,11H2,(H,30,31)/b29-10-. The SMILES string of the molecule is O=C(N/N=C\c1cc(Br)c(OCc2ccccc2Cl)c(Br)c1)c1cc2cc(Br)cc(Br)c2o1. The van der Waals surface area contributed by atoms with Gasteiger partial charge in [0.05, 0.1) is 19.6 Å². The average Bonchev–Trinajstić information content (AvgIpc) is 3.19. The maximum absolute atomic E-state index is 12.4. The highest BCUT2D eigenvalue weighted by Gasteiger charge is 2.14. The van der Waals surface area contributed by atoms with Gasteiger partial charge in [-0.25, -0.2) is 5.43 Å². The molecule has 0 aliphatic heterocycles. The molecule has 0 saturated carbocycles. The Balaban J connectivity index is 1.43. The van der Waals surface area contributed by atoms with Crippen molar-refractivity contribution in [1.82, 2.24) is 5.43 Å². The van der Waals surface area contributed by atoms with E-state index in [9.17, 15) is 4.79 Å². The van der Waals surface area contributed by atoms with Gasteiger partial charge in [-0.3, -0.25) is 4.79 Å². The number of halogens is 5. The number of hydrazone groups is 1. The van der Waals surface area contributed by atoms with Crippen LogP contribution in [0.4, 0.5) is 0 Å². The summed E-state index contributed by atoms with van der Waals surface area (Å²) < 4.78 is 14.7. The fourth-order valence-electron chi connectivity index (χ4n) is 2.97. The first-order valence-corrected chi connectivity index (χ1v) is 12.9. The summed E-state index contributed by atoms with van der Waals surface area (Å²) in [7, 11) is 0. The highest BCUT2D eigenvalue weighted by Crippen LogP contribution is 2.35. The van der Waals surface area contributed by atoms with Gasteiger partial charge in [-0.05, 0) is 89.8 Å². The van der Waals surface area contributed by atoms with Crippen molar-refractivity contribution in [2.75, 3.05) is 0 Å². The first-order chi connectivity index (χ1) is 15.8. The summed E-state index contributed by atoms with van der Waals surface area (Å²) in [4.78, 5) is 12.4. The summed E-state index contributed by atoms with van der Waals surface area (Å²) >= 11 is 20.1. The minimum Gasteiger partial charge on any atom is -0.486 e. The molecule has 5 nitrogen and oxygen atoms in total. The number of nitrogens with zero attached hydrogens (tertiary/aromatic N) is 1. The quantitative estimate of drug-likeness (QED) is 0.161. The number of carbonyl (C=O) groups excluding carboxylic acids is 1. The van der Waals surface area contributed by atoms with Crippen molar-refractivity contribution >= 4 is 98.4 Å². The summed E-state index contributed by atoms with van der Waals surface area (Å²) in [5, 5.41) is 5.48. The molecule has 10 heteroatoms. The molecule has 33 heavy (non-hydrogen) atoms. The zero-order valence-electron chi connectivity index (χ0n) is 16.5. The molecule has 4 rings (SSSR count). The van der Waals surface area contributed by atoms with Crippen LogP contribution in [-0.4, -0.2) is 12.1 Å². The van der Waals surface area contributed by atoms with Gasteiger partial charge >= 0.3 is 5.91 Å². The van der Waals surface area contributed by atoms with Crippen LogP contribution in [-0.2, 0) is 6.61 Å². The number of amides is 1. The molecule has 3 aromatic carbocycles. The summed E-state index contributed by atoms with van der Waals surface area (Å²) in [5.74, 6) is 0.338. The summed E-state index contributed by atoms with van der Waals surface area (Å²) in [6, 6.07) is 16.6. The van der Waals surface area contributed by atoms with E-state index in [0.717, 1.165) is 34.4 Å². The van der Waals surface area contributed by atoms with Gasteiger partial charge in [-0.15, -0.1) is 0 Å². The average molecular weight is 720 g/mol. The predicted octanol–water partition coefficient (Wildman–Crippen LogP) is 8.48. The van der Waals surface area contributed by atoms with Crippen molar-refractivity contribution in [3.8, 4) is 5.75 Å². The third-order valence-corrected chi connectivity index (χ3v) is 7.08. The smallest absolute Gasteiger partial charge is 0.307 e. The summed E-state index contributed by atoms with van der Waals surface area (Å²) in [5.41, 5.74) is 4.70. The molecule has 0 spiro atoms. The number of fused-ring (bicyclic) bond motifs is 1. The minimum absolute atomic E-state index is 0.159. The molecule has 168 valence electrons. The van der Waals surface area contributed by atoms with E-state index in [0.29, 0.717) is 23.0 Å². The van der Waals surface area contributed by atoms with Gasteiger partial charge in [0.1, 0.15) is 17.9 Å². The first kappa shape index (κ1) is 24.5. The summed E-state index contributed by atoms with van der Waals surface area (Å²) in [6.07, 6.45) is 1.53. The predicted molar refractivity (Wildman–Crippen MR) is 144 cm³/mol. The van der Waals surface area contributed by atoms with Gasteiger partial charge in [0.25, 0.3) is 0 Å². The number of hydrogen-bond donors (Lipinski definition) is 1. The van der Waals surface area contributed by atoms with Crippen LogP contribution in [0.15, 0.2) is 82.0 Å². The van der Waals surface area contributed by atoms with Crippen molar-refractivity contribution in [1.29, 1.82) is 0 Å². The molecule has 1 heterocycles. The molecule has 0 unspecified atom stereocenters. The molecule has 0 bridgehead atoms.